The first-order chi connectivity index (χ1) is 11.8. The van der Waals surface area contributed by atoms with Crippen LogP contribution in [0.4, 0.5) is 0 Å². The largest absolute Gasteiger partial charge is 0.383 e. The highest BCUT2D eigenvalue weighted by molar-refractivity contribution is 7.89. The maximum absolute atomic E-state index is 12.9. The van der Waals surface area contributed by atoms with Crippen molar-refractivity contribution < 1.29 is 13.2 Å². The molecule has 7 nitrogen and oxygen atoms in total. The van der Waals surface area contributed by atoms with E-state index in [2.05, 4.69) is 17.0 Å². The quantitative estimate of drug-likeness (QED) is 0.754. The Hall–Kier alpha value is -0.960. The van der Waals surface area contributed by atoms with E-state index in [1.54, 1.807) is 24.5 Å². The van der Waals surface area contributed by atoms with Crippen LogP contribution < -0.4 is 0 Å². The molecule has 1 aromatic heterocycles. The molecule has 1 spiro atoms. The molecular weight excluding hydrogens is 340 g/mol. The van der Waals surface area contributed by atoms with Crippen LogP contribution in [0, 0.1) is 12.3 Å². The summed E-state index contributed by atoms with van der Waals surface area (Å²) in [4.78, 5) is 2.37. The van der Waals surface area contributed by atoms with Crippen LogP contribution in [0.5, 0.6) is 0 Å². The molecule has 0 N–H and O–H groups in total. The zero-order valence-corrected chi connectivity index (χ0v) is 16.5. The predicted octanol–water partition coefficient (Wildman–Crippen LogP) is 1.24. The Morgan fingerprint density at radius 1 is 1.36 bits per heavy atom. The van der Waals surface area contributed by atoms with E-state index < -0.39 is 10.0 Å². The highest BCUT2D eigenvalue weighted by Gasteiger charge is 2.48. The van der Waals surface area contributed by atoms with Crippen LogP contribution in [-0.4, -0.2) is 73.8 Å². The van der Waals surface area contributed by atoms with Gasteiger partial charge in [0.15, 0.2) is 5.03 Å². The van der Waals surface area contributed by atoms with Crippen molar-refractivity contribution in [1.82, 2.24) is 19.0 Å². The number of rotatable bonds is 6. The summed E-state index contributed by atoms with van der Waals surface area (Å²) < 4.78 is 34.0. The first-order valence-electron chi connectivity index (χ1n) is 8.97. The first-order valence-corrected chi connectivity index (χ1v) is 10.4. The van der Waals surface area contributed by atoms with E-state index in [1.165, 1.54) is 17.5 Å². The first kappa shape index (κ1) is 18.8. The molecule has 2 fully saturated rings. The molecule has 1 saturated heterocycles. The second-order valence-corrected chi connectivity index (χ2v) is 9.57. The highest BCUT2D eigenvalue weighted by atomic mass is 32.2. The molecule has 0 amide bonds. The fraction of sp³-hybridized carbons (Fsp3) is 0.824. The van der Waals surface area contributed by atoms with Crippen LogP contribution in [0.15, 0.2) is 11.1 Å². The number of likely N-dealkylation sites (N-methyl/N-ethyl adjacent to an activating group) is 1. The molecule has 25 heavy (non-hydrogen) atoms. The lowest BCUT2D eigenvalue weighted by Crippen LogP contribution is -2.55. The number of aryl methyl sites for hydroxylation is 2. The molecule has 8 heteroatoms. The van der Waals surface area contributed by atoms with Crippen LogP contribution in [0.25, 0.3) is 0 Å². The van der Waals surface area contributed by atoms with Crippen molar-refractivity contribution in [3.8, 4) is 0 Å². The summed E-state index contributed by atoms with van der Waals surface area (Å²) in [6.07, 6.45) is 4.26. The molecule has 142 valence electrons. The van der Waals surface area contributed by atoms with Crippen molar-refractivity contribution in [2.24, 2.45) is 12.5 Å². The van der Waals surface area contributed by atoms with Gasteiger partial charge in [0.05, 0.1) is 12.3 Å². The zero-order chi connectivity index (χ0) is 18.2. The predicted molar refractivity (Wildman–Crippen MR) is 95.9 cm³/mol. The van der Waals surface area contributed by atoms with E-state index in [0.717, 1.165) is 31.7 Å². The molecule has 0 unspecified atom stereocenters. The van der Waals surface area contributed by atoms with Crippen molar-refractivity contribution in [2.45, 2.75) is 43.7 Å². The summed E-state index contributed by atoms with van der Waals surface area (Å²) in [6, 6.07) is 2.27. The van der Waals surface area contributed by atoms with Gasteiger partial charge in [0, 0.05) is 39.8 Å². The summed E-state index contributed by atoms with van der Waals surface area (Å²) in [7, 11) is 2.14. The van der Waals surface area contributed by atoms with Gasteiger partial charge in [-0.25, -0.2) is 8.42 Å². The Morgan fingerprint density at radius 2 is 2.00 bits per heavy atom. The van der Waals surface area contributed by atoms with Gasteiger partial charge in [0.2, 0.25) is 0 Å². The van der Waals surface area contributed by atoms with Gasteiger partial charge < -0.3 is 9.64 Å². The van der Waals surface area contributed by atoms with E-state index in [-0.39, 0.29) is 0 Å². The Labute approximate surface area is 151 Å². The molecule has 2 aliphatic rings. The van der Waals surface area contributed by atoms with Crippen molar-refractivity contribution in [1.29, 1.82) is 0 Å². The molecule has 0 aromatic carbocycles. The molecule has 0 bridgehead atoms. The third kappa shape index (κ3) is 3.63. The Bertz CT molecular complexity index is 699. The molecule has 2 heterocycles. The molecule has 3 rings (SSSR count). The second kappa shape index (κ2) is 6.98. The molecular formula is C17H30N4O3S. The summed E-state index contributed by atoms with van der Waals surface area (Å²) >= 11 is 0. The summed E-state index contributed by atoms with van der Waals surface area (Å²) in [5.74, 6) is 0. The molecule has 1 saturated carbocycles. The third-order valence-corrected chi connectivity index (χ3v) is 7.91. The van der Waals surface area contributed by atoms with Crippen molar-refractivity contribution in [2.75, 3.05) is 40.4 Å². The number of aromatic nitrogens is 2. The van der Waals surface area contributed by atoms with Crippen molar-refractivity contribution >= 4 is 10.0 Å². The number of sulfonamides is 1. The summed E-state index contributed by atoms with van der Waals surface area (Å²) in [6.45, 7) is 4.76. The average molecular weight is 371 g/mol. The minimum absolute atomic E-state index is 0.298. The van der Waals surface area contributed by atoms with Gasteiger partial charge in [-0.05, 0) is 51.1 Å². The van der Waals surface area contributed by atoms with Crippen LogP contribution in [0.1, 0.15) is 31.4 Å². The highest BCUT2D eigenvalue weighted by Crippen LogP contribution is 2.51. The van der Waals surface area contributed by atoms with E-state index in [9.17, 15) is 8.42 Å². The second-order valence-electron chi connectivity index (χ2n) is 7.69. The Kier molecular flexibility index (Phi) is 5.26. The van der Waals surface area contributed by atoms with E-state index in [1.807, 2.05) is 6.92 Å². The monoisotopic (exact) mass is 370 g/mol. The molecule has 1 aromatic rings. The van der Waals surface area contributed by atoms with Crippen molar-refractivity contribution in [3.05, 3.63) is 11.8 Å². The minimum atomic E-state index is -3.44. The van der Waals surface area contributed by atoms with Gasteiger partial charge in [-0.1, -0.05) is 0 Å². The maximum Gasteiger partial charge on any atom is 0.260 e. The van der Waals surface area contributed by atoms with E-state index in [4.69, 9.17) is 4.74 Å². The number of hydrogen-bond donors (Lipinski definition) is 0. The normalized spacial score (nSPS) is 21.8. The summed E-state index contributed by atoms with van der Waals surface area (Å²) in [5, 5.41) is 4.47. The zero-order valence-electron chi connectivity index (χ0n) is 15.7. The van der Waals surface area contributed by atoms with Gasteiger partial charge in [-0.15, -0.1) is 0 Å². The van der Waals surface area contributed by atoms with Gasteiger partial charge in [-0.3, -0.25) is 4.68 Å². The SMILES string of the molecule is COCCN(C)C1CC2(CCN(S(=O)(=O)c3cc(C)nn3C)CC2)C1. The van der Waals surface area contributed by atoms with Crippen LogP contribution in [0.2, 0.25) is 0 Å². The van der Waals surface area contributed by atoms with E-state index >= 15 is 0 Å². The topological polar surface area (TPSA) is 67.7 Å². The molecule has 1 aliphatic carbocycles. The lowest BCUT2D eigenvalue weighted by molar-refractivity contribution is -0.0275. The van der Waals surface area contributed by atoms with Gasteiger partial charge >= 0.3 is 0 Å². The standard InChI is InChI=1S/C17H30N4O3S/c1-14-11-16(20(3)18-14)25(22,23)21-7-5-17(6-8-21)12-15(13-17)19(2)9-10-24-4/h11,15H,5-10,12-13H2,1-4H3. The Morgan fingerprint density at radius 3 is 2.52 bits per heavy atom. The minimum Gasteiger partial charge on any atom is -0.383 e. The number of ether oxygens (including phenoxy) is 1. The number of piperidine rings is 1. The number of hydrogen-bond acceptors (Lipinski definition) is 5. The fourth-order valence-electron chi connectivity index (χ4n) is 4.24. The summed E-state index contributed by atoms with van der Waals surface area (Å²) in [5.41, 5.74) is 1.07. The molecule has 0 radical (unpaired) electrons. The number of nitrogens with zero attached hydrogens (tertiary/aromatic N) is 4. The lowest BCUT2D eigenvalue weighted by Gasteiger charge is -2.54. The van der Waals surface area contributed by atoms with Gasteiger partial charge in [-0.2, -0.15) is 9.40 Å². The molecule has 0 atom stereocenters. The van der Waals surface area contributed by atoms with Gasteiger partial charge in [0.1, 0.15) is 0 Å². The Balaban J connectivity index is 1.57. The maximum atomic E-state index is 12.9. The van der Waals surface area contributed by atoms with Crippen LogP contribution in [-0.2, 0) is 21.8 Å². The lowest BCUT2D eigenvalue weighted by atomic mass is 9.60. The van der Waals surface area contributed by atoms with E-state index in [0.29, 0.717) is 29.6 Å². The number of methoxy groups -OCH3 is 1. The van der Waals surface area contributed by atoms with Gasteiger partial charge in [0.25, 0.3) is 10.0 Å². The smallest absolute Gasteiger partial charge is 0.260 e. The average Bonchev–Trinajstić information content (AvgIpc) is 2.89. The van der Waals surface area contributed by atoms with Crippen LogP contribution in [0.3, 0.4) is 0 Å². The van der Waals surface area contributed by atoms with Crippen molar-refractivity contribution in [3.63, 3.8) is 0 Å². The molecule has 1 aliphatic heterocycles. The fourth-order valence-corrected chi connectivity index (χ4v) is 5.86. The third-order valence-electron chi connectivity index (χ3n) is 5.96. The van der Waals surface area contributed by atoms with Crippen LogP contribution >= 0.6 is 0 Å².